The van der Waals surface area contributed by atoms with Crippen molar-refractivity contribution in [3.8, 4) is 5.75 Å². The summed E-state index contributed by atoms with van der Waals surface area (Å²) >= 11 is 3.38. The summed E-state index contributed by atoms with van der Waals surface area (Å²) in [6.45, 7) is 4.76. The lowest BCUT2D eigenvalue weighted by Crippen LogP contribution is -2.24. The van der Waals surface area contributed by atoms with Gasteiger partial charge in [0.15, 0.2) is 11.6 Å². The lowest BCUT2D eigenvalue weighted by atomic mass is 10.2. The monoisotopic (exact) mass is 447 g/mol. The summed E-state index contributed by atoms with van der Waals surface area (Å²) in [6, 6.07) is 10.9. The van der Waals surface area contributed by atoms with Gasteiger partial charge < -0.3 is 19.0 Å². The number of carbonyl (C=O) groups excluding carboxylic acids is 1. The molecule has 3 aromatic rings. The second-order valence-electron chi connectivity index (χ2n) is 6.57. The van der Waals surface area contributed by atoms with Crippen LogP contribution in [0.5, 0.6) is 5.75 Å². The molecule has 0 spiro atoms. The molecule has 148 valence electrons. The SMILES string of the molecule is CC(C)c1noc(CCCNC(=O)c2ccc(COc3ccc(Br)cc3)o2)n1. The molecule has 8 heteroatoms. The standard InChI is InChI=1S/C20H22BrN3O4/c1-13(2)19-23-18(28-24-19)4-3-11-22-20(25)17-10-9-16(27-17)12-26-15-7-5-14(21)6-8-15/h5-10,13H,3-4,11-12H2,1-2H3,(H,22,25). The average molecular weight is 448 g/mol. The van der Waals surface area contributed by atoms with Crippen LogP contribution in [0.25, 0.3) is 0 Å². The molecule has 0 aliphatic heterocycles. The first kappa shape index (κ1) is 20.1. The highest BCUT2D eigenvalue weighted by atomic mass is 79.9. The van der Waals surface area contributed by atoms with E-state index >= 15 is 0 Å². The van der Waals surface area contributed by atoms with Crippen LogP contribution in [-0.4, -0.2) is 22.6 Å². The van der Waals surface area contributed by atoms with Gasteiger partial charge in [-0.15, -0.1) is 0 Å². The Hall–Kier alpha value is -2.61. The first-order chi connectivity index (χ1) is 13.5. The number of carbonyl (C=O) groups is 1. The molecule has 2 heterocycles. The van der Waals surface area contributed by atoms with E-state index in [1.165, 1.54) is 0 Å². The van der Waals surface area contributed by atoms with Crippen molar-refractivity contribution in [1.82, 2.24) is 15.5 Å². The van der Waals surface area contributed by atoms with Crippen molar-refractivity contribution in [2.24, 2.45) is 0 Å². The number of furan rings is 1. The van der Waals surface area contributed by atoms with Crippen LogP contribution in [0.15, 0.2) is 49.8 Å². The predicted octanol–water partition coefficient (Wildman–Crippen LogP) is 4.49. The minimum atomic E-state index is -0.261. The van der Waals surface area contributed by atoms with Gasteiger partial charge in [-0.1, -0.05) is 34.9 Å². The Morgan fingerprint density at radius 2 is 2.00 bits per heavy atom. The molecular formula is C20H22BrN3O4. The fourth-order valence-corrected chi connectivity index (χ4v) is 2.66. The van der Waals surface area contributed by atoms with Gasteiger partial charge in [0.1, 0.15) is 18.1 Å². The third-order valence-corrected chi connectivity index (χ3v) is 4.46. The second-order valence-corrected chi connectivity index (χ2v) is 7.48. The van der Waals surface area contributed by atoms with E-state index in [-0.39, 0.29) is 24.2 Å². The molecule has 0 fully saturated rings. The number of hydrogen-bond donors (Lipinski definition) is 1. The molecule has 0 unspecified atom stereocenters. The first-order valence-corrected chi connectivity index (χ1v) is 9.88. The number of aryl methyl sites for hydroxylation is 1. The predicted molar refractivity (Wildman–Crippen MR) is 106 cm³/mol. The molecule has 0 atom stereocenters. The fraction of sp³-hybridized carbons (Fsp3) is 0.350. The molecule has 3 rings (SSSR count). The largest absolute Gasteiger partial charge is 0.486 e. The Bertz CT molecular complexity index is 902. The number of aromatic nitrogens is 2. The van der Waals surface area contributed by atoms with E-state index in [9.17, 15) is 4.79 Å². The Balaban J connectivity index is 1.40. The Labute approximate surface area is 171 Å². The summed E-state index contributed by atoms with van der Waals surface area (Å²) in [4.78, 5) is 16.5. The summed E-state index contributed by atoms with van der Waals surface area (Å²) < 4.78 is 17.4. The van der Waals surface area contributed by atoms with Gasteiger partial charge in [0.05, 0.1) is 0 Å². The lowest BCUT2D eigenvalue weighted by Gasteiger charge is -2.04. The lowest BCUT2D eigenvalue weighted by molar-refractivity contribution is 0.0921. The van der Waals surface area contributed by atoms with E-state index in [1.54, 1.807) is 12.1 Å². The van der Waals surface area contributed by atoms with Gasteiger partial charge in [-0.2, -0.15) is 4.98 Å². The van der Waals surface area contributed by atoms with Crippen molar-refractivity contribution in [3.05, 3.63) is 64.1 Å². The number of halogens is 1. The molecule has 28 heavy (non-hydrogen) atoms. The van der Waals surface area contributed by atoms with Crippen molar-refractivity contribution in [3.63, 3.8) is 0 Å². The summed E-state index contributed by atoms with van der Waals surface area (Å²) in [5, 5.41) is 6.74. The zero-order chi connectivity index (χ0) is 19.9. The van der Waals surface area contributed by atoms with Crippen LogP contribution in [-0.2, 0) is 13.0 Å². The number of ether oxygens (including phenoxy) is 1. The van der Waals surface area contributed by atoms with Gasteiger partial charge >= 0.3 is 0 Å². The highest BCUT2D eigenvalue weighted by Crippen LogP contribution is 2.18. The zero-order valence-corrected chi connectivity index (χ0v) is 17.4. The van der Waals surface area contributed by atoms with Crippen molar-refractivity contribution < 1.29 is 18.5 Å². The molecule has 0 saturated heterocycles. The molecule has 7 nitrogen and oxygen atoms in total. The molecule has 0 radical (unpaired) electrons. The molecule has 0 aliphatic rings. The highest BCUT2D eigenvalue weighted by molar-refractivity contribution is 9.10. The summed E-state index contributed by atoms with van der Waals surface area (Å²) in [7, 11) is 0. The van der Waals surface area contributed by atoms with Crippen molar-refractivity contribution >= 4 is 21.8 Å². The number of rotatable bonds is 9. The topological polar surface area (TPSA) is 90.4 Å². The van der Waals surface area contributed by atoms with Crippen LogP contribution >= 0.6 is 15.9 Å². The van der Waals surface area contributed by atoms with E-state index in [0.717, 1.165) is 10.2 Å². The maximum atomic E-state index is 12.2. The molecule has 1 N–H and O–H groups in total. The van der Waals surface area contributed by atoms with E-state index in [4.69, 9.17) is 13.7 Å². The molecule has 0 bridgehead atoms. The van der Waals surface area contributed by atoms with Gasteiger partial charge in [-0.3, -0.25) is 4.79 Å². The van der Waals surface area contributed by atoms with Gasteiger partial charge in [0.2, 0.25) is 5.89 Å². The third kappa shape index (κ3) is 5.69. The van der Waals surface area contributed by atoms with Crippen molar-refractivity contribution in [2.45, 2.75) is 39.2 Å². The van der Waals surface area contributed by atoms with Crippen LogP contribution in [0.3, 0.4) is 0 Å². The Morgan fingerprint density at radius 1 is 1.21 bits per heavy atom. The smallest absolute Gasteiger partial charge is 0.286 e. The second kappa shape index (κ2) is 9.54. The number of nitrogens with one attached hydrogen (secondary N) is 1. The van der Waals surface area contributed by atoms with Crippen molar-refractivity contribution in [1.29, 1.82) is 0 Å². The molecule has 0 saturated carbocycles. The maximum Gasteiger partial charge on any atom is 0.286 e. The van der Waals surface area contributed by atoms with E-state index in [0.29, 0.717) is 36.9 Å². The van der Waals surface area contributed by atoms with E-state index < -0.39 is 0 Å². The van der Waals surface area contributed by atoms with Gasteiger partial charge in [0.25, 0.3) is 5.91 Å². The minimum Gasteiger partial charge on any atom is -0.486 e. The fourth-order valence-electron chi connectivity index (χ4n) is 2.40. The molecular weight excluding hydrogens is 426 g/mol. The number of amides is 1. The van der Waals surface area contributed by atoms with Gasteiger partial charge in [-0.05, 0) is 42.8 Å². The first-order valence-electron chi connectivity index (χ1n) is 9.09. The molecule has 2 aromatic heterocycles. The third-order valence-electron chi connectivity index (χ3n) is 3.93. The summed E-state index contributed by atoms with van der Waals surface area (Å²) in [5.41, 5.74) is 0. The van der Waals surface area contributed by atoms with E-state index in [2.05, 4.69) is 31.4 Å². The Kier molecular flexibility index (Phi) is 6.86. The molecule has 1 aromatic carbocycles. The normalized spacial score (nSPS) is 11.0. The molecule has 1 amide bonds. The Morgan fingerprint density at radius 3 is 2.71 bits per heavy atom. The highest BCUT2D eigenvalue weighted by Gasteiger charge is 2.12. The number of nitrogens with zero attached hydrogens (tertiary/aromatic N) is 2. The molecule has 0 aliphatic carbocycles. The van der Waals surface area contributed by atoms with Crippen LogP contribution in [0.2, 0.25) is 0 Å². The number of hydrogen-bond acceptors (Lipinski definition) is 6. The average Bonchev–Trinajstić information content (AvgIpc) is 3.34. The summed E-state index contributed by atoms with van der Waals surface area (Å²) in [5.74, 6) is 2.83. The van der Waals surface area contributed by atoms with Crippen LogP contribution in [0.1, 0.15) is 54.2 Å². The van der Waals surface area contributed by atoms with Crippen LogP contribution < -0.4 is 10.1 Å². The van der Waals surface area contributed by atoms with Crippen LogP contribution in [0, 0.1) is 0 Å². The minimum absolute atomic E-state index is 0.234. The van der Waals surface area contributed by atoms with Crippen molar-refractivity contribution in [2.75, 3.05) is 6.54 Å². The zero-order valence-electron chi connectivity index (χ0n) is 15.8. The van der Waals surface area contributed by atoms with Crippen LogP contribution in [0.4, 0.5) is 0 Å². The number of benzene rings is 1. The van der Waals surface area contributed by atoms with Gasteiger partial charge in [0, 0.05) is 23.4 Å². The van der Waals surface area contributed by atoms with E-state index in [1.807, 2.05) is 38.1 Å². The maximum absolute atomic E-state index is 12.2. The quantitative estimate of drug-likeness (QED) is 0.485. The van der Waals surface area contributed by atoms with Gasteiger partial charge in [-0.25, -0.2) is 0 Å². The summed E-state index contributed by atoms with van der Waals surface area (Å²) in [6.07, 6.45) is 1.32.